The van der Waals surface area contributed by atoms with E-state index in [9.17, 15) is 8.42 Å². The zero-order valence-corrected chi connectivity index (χ0v) is 9.96. The molecule has 3 saturated carbocycles. The molecule has 3 atom stereocenters. The minimum atomic E-state index is -4.27. The maximum atomic E-state index is 10.5. The molecule has 3 rings (SSSR count). The first-order valence-electron chi connectivity index (χ1n) is 5.42. The fourth-order valence-corrected chi connectivity index (χ4v) is 3.68. The zero-order valence-electron chi connectivity index (χ0n) is 9.14. The van der Waals surface area contributed by atoms with E-state index in [2.05, 4.69) is 18.0 Å². The van der Waals surface area contributed by atoms with E-state index in [-0.39, 0.29) is 12.5 Å². The second-order valence-electron chi connectivity index (χ2n) is 5.41. The molecule has 5 heteroatoms. The number of rotatable bonds is 3. The van der Waals surface area contributed by atoms with Crippen molar-refractivity contribution in [2.75, 3.05) is 6.61 Å². The third-order valence-corrected chi connectivity index (χ3v) is 4.87. The predicted molar refractivity (Wildman–Crippen MR) is 55.6 cm³/mol. The van der Waals surface area contributed by atoms with Crippen molar-refractivity contribution in [2.24, 2.45) is 23.2 Å². The largest absolute Gasteiger partial charge is 0.397 e. The minimum absolute atomic E-state index is 0.139. The summed E-state index contributed by atoms with van der Waals surface area (Å²) >= 11 is 0. The first kappa shape index (κ1) is 11.4. The lowest BCUT2D eigenvalue weighted by atomic mass is 9.46. The lowest BCUT2D eigenvalue weighted by Gasteiger charge is -2.60. The van der Waals surface area contributed by atoms with Crippen LogP contribution in [0, 0.1) is 23.2 Å². The molecular formula is C10H18O4S. The van der Waals surface area contributed by atoms with Crippen molar-refractivity contribution in [3.05, 3.63) is 0 Å². The van der Waals surface area contributed by atoms with Crippen LogP contribution in [0.5, 0.6) is 0 Å². The number of fused-ring (bicyclic) bond motifs is 2. The lowest BCUT2D eigenvalue weighted by Crippen LogP contribution is -2.53. The fourth-order valence-electron chi connectivity index (χ4n) is 3.34. The van der Waals surface area contributed by atoms with Crippen LogP contribution in [0.4, 0.5) is 0 Å². The predicted octanol–water partition coefficient (Wildman–Crippen LogP) is 1.88. The molecule has 0 aromatic carbocycles. The topological polar surface area (TPSA) is 63.6 Å². The molecule has 88 valence electrons. The summed E-state index contributed by atoms with van der Waals surface area (Å²) in [6, 6.07) is 0. The summed E-state index contributed by atoms with van der Waals surface area (Å²) < 4.78 is 34.0. The molecule has 3 fully saturated rings. The summed E-state index contributed by atoms with van der Waals surface area (Å²) in [5, 5.41) is 0. The van der Waals surface area contributed by atoms with Gasteiger partial charge in [0.2, 0.25) is 0 Å². The van der Waals surface area contributed by atoms with Crippen molar-refractivity contribution in [1.82, 2.24) is 0 Å². The van der Waals surface area contributed by atoms with Crippen molar-refractivity contribution in [3.8, 4) is 0 Å². The van der Waals surface area contributed by atoms with Gasteiger partial charge in [0, 0.05) is 0 Å². The zero-order chi connectivity index (χ0) is 11.3. The molecule has 0 spiro atoms. The Balaban J connectivity index is 1.94. The van der Waals surface area contributed by atoms with Gasteiger partial charge in [-0.15, -0.1) is 0 Å². The quantitative estimate of drug-likeness (QED) is 0.757. The molecule has 0 radical (unpaired) electrons. The molecule has 0 heterocycles. The van der Waals surface area contributed by atoms with Crippen LogP contribution in [0.2, 0.25) is 0 Å². The third-order valence-electron chi connectivity index (χ3n) is 4.43. The average Bonchev–Trinajstić information content (AvgIpc) is 2.13. The van der Waals surface area contributed by atoms with E-state index in [1.54, 1.807) is 0 Å². The van der Waals surface area contributed by atoms with E-state index in [4.69, 9.17) is 4.55 Å². The maximum Gasteiger partial charge on any atom is 0.397 e. The Kier molecular flexibility index (Phi) is 2.60. The van der Waals surface area contributed by atoms with Gasteiger partial charge in [-0.05, 0) is 42.4 Å². The van der Waals surface area contributed by atoms with Gasteiger partial charge >= 0.3 is 10.4 Å². The van der Waals surface area contributed by atoms with Gasteiger partial charge in [0.25, 0.3) is 0 Å². The maximum absolute atomic E-state index is 10.5. The molecule has 2 bridgehead atoms. The molecule has 0 saturated heterocycles. The SMILES string of the molecule is CC1(C)C2CCC(COS(=O)(=O)O)C1C2. The molecule has 0 amide bonds. The van der Waals surface area contributed by atoms with Gasteiger partial charge in [0.15, 0.2) is 0 Å². The van der Waals surface area contributed by atoms with Crippen molar-refractivity contribution in [3.63, 3.8) is 0 Å². The van der Waals surface area contributed by atoms with Gasteiger partial charge in [-0.3, -0.25) is 4.55 Å². The number of hydrogen-bond acceptors (Lipinski definition) is 3. The number of hydrogen-bond donors (Lipinski definition) is 1. The molecular weight excluding hydrogens is 216 g/mol. The van der Waals surface area contributed by atoms with Crippen LogP contribution in [0.25, 0.3) is 0 Å². The normalized spacial score (nSPS) is 38.5. The molecule has 0 aliphatic heterocycles. The van der Waals surface area contributed by atoms with Gasteiger partial charge < -0.3 is 0 Å². The first-order chi connectivity index (χ1) is 6.81. The van der Waals surface area contributed by atoms with Crippen LogP contribution in [0.3, 0.4) is 0 Å². The van der Waals surface area contributed by atoms with Gasteiger partial charge in [-0.1, -0.05) is 13.8 Å². The molecule has 0 aromatic rings. The summed E-state index contributed by atoms with van der Waals surface area (Å²) in [5.74, 6) is 1.63. The first-order valence-corrected chi connectivity index (χ1v) is 6.79. The van der Waals surface area contributed by atoms with Crippen LogP contribution in [-0.2, 0) is 14.6 Å². The van der Waals surface area contributed by atoms with Crippen LogP contribution in [-0.4, -0.2) is 19.6 Å². The fraction of sp³-hybridized carbons (Fsp3) is 1.00. The third kappa shape index (κ3) is 2.05. The standard InChI is InChI=1S/C10H18O4S/c1-10(2)8-4-3-7(9(10)5-8)6-14-15(11,12)13/h7-9H,3-6H2,1-2H3,(H,11,12,13). The lowest BCUT2D eigenvalue weighted by molar-refractivity contribution is -0.114. The average molecular weight is 234 g/mol. The van der Waals surface area contributed by atoms with E-state index < -0.39 is 10.4 Å². The van der Waals surface area contributed by atoms with E-state index in [0.29, 0.717) is 11.3 Å². The second-order valence-corrected chi connectivity index (χ2v) is 6.50. The Bertz CT molecular complexity index is 344. The second kappa shape index (κ2) is 3.43. The van der Waals surface area contributed by atoms with Crippen LogP contribution < -0.4 is 0 Å². The molecule has 3 aliphatic rings. The van der Waals surface area contributed by atoms with Crippen molar-refractivity contribution in [2.45, 2.75) is 33.1 Å². The summed E-state index contributed by atoms with van der Waals surface area (Å²) in [5.41, 5.74) is 0.325. The van der Waals surface area contributed by atoms with Crippen molar-refractivity contribution >= 4 is 10.4 Å². The summed E-state index contributed by atoms with van der Waals surface area (Å²) in [6.07, 6.45) is 3.36. The van der Waals surface area contributed by atoms with Gasteiger partial charge in [-0.25, -0.2) is 4.18 Å². The smallest absolute Gasteiger partial charge is 0.264 e. The highest BCUT2D eigenvalue weighted by atomic mass is 32.3. The van der Waals surface area contributed by atoms with Gasteiger partial charge in [0.1, 0.15) is 0 Å². The molecule has 1 N–H and O–H groups in total. The van der Waals surface area contributed by atoms with E-state index >= 15 is 0 Å². The van der Waals surface area contributed by atoms with E-state index in [1.807, 2.05) is 0 Å². The Morgan fingerprint density at radius 3 is 2.53 bits per heavy atom. The summed E-state index contributed by atoms with van der Waals surface area (Å²) in [4.78, 5) is 0. The highest BCUT2D eigenvalue weighted by Crippen LogP contribution is 2.61. The Morgan fingerprint density at radius 2 is 2.07 bits per heavy atom. The molecule has 3 aliphatic carbocycles. The molecule has 4 nitrogen and oxygen atoms in total. The van der Waals surface area contributed by atoms with Crippen molar-refractivity contribution < 1.29 is 17.2 Å². The van der Waals surface area contributed by atoms with Crippen LogP contribution in [0.1, 0.15) is 33.1 Å². The summed E-state index contributed by atoms with van der Waals surface area (Å²) in [6.45, 7) is 4.62. The minimum Gasteiger partial charge on any atom is -0.264 e. The molecule has 3 unspecified atom stereocenters. The van der Waals surface area contributed by atoms with Crippen LogP contribution in [0.15, 0.2) is 0 Å². The molecule has 0 aromatic heterocycles. The van der Waals surface area contributed by atoms with Crippen molar-refractivity contribution in [1.29, 1.82) is 0 Å². The molecule has 15 heavy (non-hydrogen) atoms. The van der Waals surface area contributed by atoms with Gasteiger partial charge in [-0.2, -0.15) is 8.42 Å². The monoisotopic (exact) mass is 234 g/mol. The highest BCUT2D eigenvalue weighted by molar-refractivity contribution is 7.80. The Hall–Kier alpha value is -0.130. The summed E-state index contributed by atoms with van der Waals surface area (Å²) in [7, 11) is -4.27. The van der Waals surface area contributed by atoms with Gasteiger partial charge in [0.05, 0.1) is 6.61 Å². The van der Waals surface area contributed by atoms with E-state index in [1.165, 1.54) is 6.42 Å². The van der Waals surface area contributed by atoms with E-state index in [0.717, 1.165) is 18.8 Å². The highest BCUT2D eigenvalue weighted by Gasteiger charge is 2.54. The van der Waals surface area contributed by atoms with Crippen LogP contribution >= 0.6 is 0 Å². The Morgan fingerprint density at radius 1 is 1.40 bits per heavy atom. The Labute approximate surface area is 91.0 Å².